The topological polar surface area (TPSA) is 71.5 Å². The van der Waals surface area contributed by atoms with E-state index in [1.807, 2.05) is 0 Å². The fourth-order valence-corrected chi connectivity index (χ4v) is 2.09. The van der Waals surface area contributed by atoms with Gasteiger partial charge in [0.05, 0.1) is 5.56 Å². The quantitative estimate of drug-likeness (QED) is 0.826. The summed E-state index contributed by atoms with van der Waals surface area (Å²) >= 11 is 0. The molecule has 1 N–H and O–H groups in total. The van der Waals surface area contributed by atoms with E-state index >= 15 is 0 Å². The summed E-state index contributed by atoms with van der Waals surface area (Å²) in [4.78, 5) is 30.5. The van der Waals surface area contributed by atoms with Gasteiger partial charge in [0.2, 0.25) is 0 Å². The lowest BCUT2D eigenvalue weighted by Gasteiger charge is -2.27. The van der Waals surface area contributed by atoms with Gasteiger partial charge in [-0.05, 0) is 32.9 Å². The summed E-state index contributed by atoms with van der Waals surface area (Å²) in [5.74, 6) is -0.743. The van der Waals surface area contributed by atoms with E-state index in [2.05, 4.69) is 10.3 Å². The maximum Gasteiger partial charge on any atom is 0.341 e. The zero-order valence-electron chi connectivity index (χ0n) is 12.7. The number of hydrogen-bond donors (Lipinski definition) is 1. The van der Waals surface area contributed by atoms with Gasteiger partial charge in [-0.3, -0.25) is 9.78 Å². The van der Waals surface area contributed by atoms with Crippen molar-refractivity contribution < 1.29 is 14.3 Å². The van der Waals surface area contributed by atoms with E-state index in [1.54, 1.807) is 37.8 Å². The van der Waals surface area contributed by atoms with Crippen LogP contribution in [-0.2, 0) is 4.74 Å². The standard InChI is InChI=1S/C15H21N3O3/c1-15(2,3)21-14(20)11-5-4-6-17-12(11)13(19)18-9-7-16-8-10-18/h4-6,16H,7-10H2,1-3H3. The van der Waals surface area contributed by atoms with E-state index < -0.39 is 11.6 Å². The van der Waals surface area contributed by atoms with Crippen molar-refractivity contribution in [3.05, 3.63) is 29.6 Å². The zero-order chi connectivity index (χ0) is 15.5. The molecule has 0 atom stereocenters. The third kappa shape index (κ3) is 4.01. The number of nitrogens with one attached hydrogen (secondary N) is 1. The minimum Gasteiger partial charge on any atom is -0.456 e. The number of pyridine rings is 1. The van der Waals surface area contributed by atoms with Crippen LogP contribution in [0, 0.1) is 0 Å². The number of piperazine rings is 1. The molecular formula is C15H21N3O3. The van der Waals surface area contributed by atoms with Crippen molar-refractivity contribution in [3.8, 4) is 0 Å². The first-order valence-electron chi connectivity index (χ1n) is 7.07. The molecule has 1 aliphatic heterocycles. The molecule has 0 bridgehead atoms. The molecule has 6 nitrogen and oxygen atoms in total. The smallest absolute Gasteiger partial charge is 0.341 e. The van der Waals surface area contributed by atoms with Crippen LogP contribution >= 0.6 is 0 Å². The number of carbonyl (C=O) groups is 2. The molecule has 21 heavy (non-hydrogen) atoms. The average Bonchev–Trinajstić information content (AvgIpc) is 2.45. The predicted molar refractivity (Wildman–Crippen MR) is 78.2 cm³/mol. The first-order chi connectivity index (χ1) is 9.88. The summed E-state index contributed by atoms with van der Waals surface area (Å²) < 4.78 is 5.34. The summed E-state index contributed by atoms with van der Waals surface area (Å²) in [5.41, 5.74) is -0.230. The number of carbonyl (C=O) groups excluding carboxylic acids is 2. The van der Waals surface area contributed by atoms with Gasteiger partial charge >= 0.3 is 5.97 Å². The van der Waals surface area contributed by atoms with Crippen LogP contribution in [0.1, 0.15) is 41.6 Å². The highest BCUT2D eigenvalue weighted by Crippen LogP contribution is 2.15. The summed E-state index contributed by atoms with van der Waals surface area (Å²) in [7, 11) is 0. The van der Waals surface area contributed by atoms with Crippen molar-refractivity contribution >= 4 is 11.9 Å². The van der Waals surface area contributed by atoms with E-state index in [4.69, 9.17) is 4.74 Å². The number of rotatable bonds is 2. The van der Waals surface area contributed by atoms with Crippen molar-refractivity contribution in [1.29, 1.82) is 0 Å². The molecule has 2 rings (SSSR count). The van der Waals surface area contributed by atoms with Gasteiger partial charge in [0, 0.05) is 32.4 Å². The largest absolute Gasteiger partial charge is 0.456 e. The lowest BCUT2D eigenvalue weighted by Crippen LogP contribution is -2.47. The van der Waals surface area contributed by atoms with Crippen molar-refractivity contribution in [2.45, 2.75) is 26.4 Å². The van der Waals surface area contributed by atoms with Crippen LogP contribution < -0.4 is 5.32 Å². The van der Waals surface area contributed by atoms with E-state index in [9.17, 15) is 9.59 Å². The van der Waals surface area contributed by atoms with Crippen molar-refractivity contribution in [3.63, 3.8) is 0 Å². The molecule has 1 amide bonds. The molecule has 114 valence electrons. The summed E-state index contributed by atoms with van der Waals surface area (Å²) in [6.45, 7) is 8.10. The fourth-order valence-electron chi connectivity index (χ4n) is 2.09. The maximum atomic E-state index is 12.5. The Kier molecular flexibility index (Phi) is 4.57. The molecule has 1 aromatic heterocycles. The zero-order valence-corrected chi connectivity index (χ0v) is 12.7. The van der Waals surface area contributed by atoms with Crippen LogP contribution in [0.15, 0.2) is 18.3 Å². The van der Waals surface area contributed by atoms with E-state index in [0.29, 0.717) is 13.1 Å². The Morgan fingerprint density at radius 3 is 2.57 bits per heavy atom. The number of esters is 1. The second kappa shape index (κ2) is 6.22. The third-order valence-electron chi connectivity index (χ3n) is 3.03. The molecule has 0 unspecified atom stereocenters. The molecule has 6 heteroatoms. The first-order valence-corrected chi connectivity index (χ1v) is 7.07. The fraction of sp³-hybridized carbons (Fsp3) is 0.533. The molecule has 0 radical (unpaired) electrons. The number of ether oxygens (including phenoxy) is 1. The Bertz CT molecular complexity index is 531. The second-order valence-corrected chi connectivity index (χ2v) is 5.94. The van der Waals surface area contributed by atoms with E-state index in [-0.39, 0.29) is 17.2 Å². The molecule has 0 saturated carbocycles. The molecular weight excluding hydrogens is 270 g/mol. The first kappa shape index (κ1) is 15.4. The Balaban J connectivity index is 2.23. The molecule has 2 heterocycles. The van der Waals surface area contributed by atoms with Gasteiger partial charge in [0.25, 0.3) is 5.91 Å². The number of nitrogens with zero attached hydrogens (tertiary/aromatic N) is 2. The summed E-state index contributed by atoms with van der Waals surface area (Å²) in [5, 5.41) is 3.18. The van der Waals surface area contributed by atoms with Gasteiger partial charge in [-0.2, -0.15) is 0 Å². The maximum absolute atomic E-state index is 12.5. The highest BCUT2D eigenvalue weighted by molar-refractivity contribution is 6.04. The van der Waals surface area contributed by atoms with Crippen LogP contribution in [0.4, 0.5) is 0 Å². The van der Waals surface area contributed by atoms with Gasteiger partial charge in [-0.15, -0.1) is 0 Å². The van der Waals surface area contributed by atoms with Crippen LogP contribution in [0.3, 0.4) is 0 Å². The number of amides is 1. The number of aromatic nitrogens is 1. The Morgan fingerprint density at radius 2 is 1.95 bits per heavy atom. The van der Waals surface area contributed by atoms with Gasteiger partial charge in [-0.25, -0.2) is 4.79 Å². The minimum absolute atomic E-state index is 0.161. The van der Waals surface area contributed by atoms with E-state index in [1.165, 1.54) is 6.20 Å². The molecule has 0 aliphatic carbocycles. The Labute approximate surface area is 124 Å². The van der Waals surface area contributed by atoms with Crippen LogP contribution in [-0.4, -0.2) is 53.5 Å². The minimum atomic E-state index is -0.609. The normalized spacial score (nSPS) is 15.7. The van der Waals surface area contributed by atoms with Gasteiger partial charge < -0.3 is 15.0 Å². The second-order valence-electron chi connectivity index (χ2n) is 5.94. The molecule has 1 saturated heterocycles. The highest BCUT2D eigenvalue weighted by atomic mass is 16.6. The Hall–Kier alpha value is -1.95. The van der Waals surface area contributed by atoms with Crippen LogP contribution in [0.2, 0.25) is 0 Å². The monoisotopic (exact) mass is 291 g/mol. The summed E-state index contributed by atoms with van der Waals surface area (Å²) in [6.07, 6.45) is 1.52. The van der Waals surface area contributed by atoms with Crippen molar-refractivity contribution in [2.24, 2.45) is 0 Å². The third-order valence-corrected chi connectivity index (χ3v) is 3.03. The predicted octanol–water partition coefficient (Wildman–Crippen LogP) is 1.08. The molecule has 0 spiro atoms. The molecule has 1 fully saturated rings. The molecule has 1 aliphatic rings. The van der Waals surface area contributed by atoms with Crippen molar-refractivity contribution in [2.75, 3.05) is 26.2 Å². The summed E-state index contributed by atoms with van der Waals surface area (Å²) in [6, 6.07) is 3.21. The van der Waals surface area contributed by atoms with Crippen molar-refractivity contribution in [1.82, 2.24) is 15.2 Å². The van der Waals surface area contributed by atoms with Gasteiger partial charge in [0.1, 0.15) is 11.3 Å². The van der Waals surface area contributed by atoms with Gasteiger partial charge in [-0.1, -0.05) is 0 Å². The SMILES string of the molecule is CC(C)(C)OC(=O)c1cccnc1C(=O)N1CCNCC1. The van der Waals surface area contributed by atoms with E-state index in [0.717, 1.165) is 13.1 Å². The molecule has 0 aromatic carbocycles. The lowest BCUT2D eigenvalue weighted by atomic mass is 10.1. The average molecular weight is 291 g/mol. The number of hydrogen-bond acceptors (Lipinski definition) is 5. The van der Waals surface area contributed by atoms with Crippen LogP contribution in [0.5, 0.6) is 0 Å². The van der Waals surface area contributed by atoms with Gasteiger partial charge in [0.15, 0.2) is 0 Å². The van der Waals surface area contributed by atoms with Crippen LogP contribution in [0.25, 0.3) is 0 Å². The highest BCUT2D eigenvalue weighted by Gasteiger charge is 2.27. The molecule has 1 aromatic rings. The Morgan fingerprint density at radius 1 is 1.29 bits per heavy atom. The lowest BCUT2D eigenvalue weighted by molar-refractivity contribution is 0.00659.